The van der Waals surface area contributed by atoms with E-state index in [-0.39, 0.29) is 24.7 Å². The molecule has 24 heavy (non-hydrogen) atoms. The Bertz CT molecular complexity index is 594. The second-order valence-corrected chi connectivity index (χ2v) is 7.32. The van der Waals surface area contributed by atoms with Gasteiger partial charge in [-0.05, 0) is 36.5 Å². The normalized spacial score (nSPS) is 26.6. The summed E-state index contributed by atoms with van der Waals surface area (Å²) in [6.07, 6.45) is 1.73. The van der Waals surface area contributed by atoms with E-state index < -0.39 is 11.5 Å². The van der Waals surface area contributed by atoms with Crippen LogP contribution < -0.4 is 5.32 Å². The van der Waals surface area contributed by atoms with Crippen LogP contribution >= 0.6 is 11.6 Å². The third kappa shape index (κ3) is 4.06. The number of alkyl halides is 2. The van der Waals surface area contributed by atoms with Crippen LogP contribution in [0.25, 0.3) is 0 Å². The largest absolute Gasteiger partial charge is 0.368 e. The van der Waals surface area contributed by atoms with Crippen LogP contribution in [0.1, 0.15) is 44.1 Å². The number of hydrogen-bond donors (Lipinski definition) is 1. The molecule has 1 saturated carbocycles. The molecule has 132 valence electrons. The molecule has 1 N–H and O–H groups in total. The number of halogens is 3. The lowest BCUT2D eigenvalue weighted by atomic mass is 9.84. The van der Waals surface area contributed by atoms with Gasteiger partial charge in [0.1, 0.15) is 5.60 Å². The van der Waals surface area contributed by atoms with Crippen LogP contribution in [0.15, 0.2) is 24.3 Å². The number of amides is 1. The van der Waals surface area contributed by atoms with Gasteiger partial charge in [0.2, 0.25) is 11.8 Å². The van der Waals surface area contributed by atoms with E-state index in [4.69, 9.17) is 16.3 Å². The van der Waals surface area contributed by atoms with Crippen LogP contribution in [-0.2, 0) is 15.1 Å². The molecule has 0 aromatic heterocycles. The van der Waals surface area contributed by atoms with Crippen molar-refractivity contribution >= 4 is 17.5 Å². The Morgan fingerprint density at radius 2 is 2.00 bits per heavy atom. The Kier molecular flexibility index (Phi) is 5.11. The highest BCUT2D eigenvalue weighted by molar-refractivity contribution is 6.30. The van der Waals surface area contributed by atoms with Gasteiger partial charge in [-0.2, -0.15) is 0 Å². The SMILES string of the molecule is O=C(CC1CCC(F)(F)CC1)NCC1(c2cccc(Cl)c2)CCO1. The van der Waals surface area contributed by atoms with Crippen molar-refractivity contribution in [1.29, 1.82) is 0 Å². The maximum Gasteiger partial charge on any atom is 0.248 e. The van der Waals surface area contributed by atoms with Crippen LogP contribution in [-0.4, -0.2) is 25.0 Å². The van der Waals surface area contributed by atoms with Crippen LogP contribution in [0.3, 0.4) is 0 Å². The van der Waals surface area contributed by atoms with Crippen molar-refractivity contribution in [2.24, 2.45) is 5.92 Å². The van der Waals surface area contributed by atoms with Crippen LogP contribution in [0.2, 0.25) is 5.02 Å². The zero-order valence-corrected chi connectivity index (χ0v) is 14.2. The zero-order chi connectivity index (χ0) is 17.2. The van der Waals surface area contributed by atoms with Crippen molar-refractivity contribution < 1.29 is 18.3 Å². The number of carbonyl (C=O) groups excluding carboxylic acids is 1. The fourth-order valence-electron chi connectivity index (χ4n) is 3.47. The topological polar surface area (TPSA) is 38.3 Å². The minimum Gasteiger partial charge on any atom is -0.368 e. The van der Waals surface area contributed by atoms with Crippen molar-refractivity contribution in [3.8, 4) is 0 Å². The van der Waals surface area contributed by atoms with E-state index in [0.717, 1.165) is 12.0 Å². The molecule has 0 radical (unpaired) electrons. The van der Waals surface area contributed by atoms with Crippen molar-refractivity contribution in [1.82, 2.24) is 5.32 Å². The second-order valence-electron chi connectivity index (χ2n) is 6.88. The first-order chi connectivity index (χ1) is 11.4. The lowest BCUT2D eigenvalue weighted by molar-refractivity contribution is -0.155. The van der Waals surface area contributed by atoms with Crippen LogP contribution in [0.4, 0.5) is 8.78 Å². The number of rotatable bonds is 5. The van der Waals surface area contributed by atoms with E-state index in [1.165, 1.54) is 0 Å². The minimum atomic E-state index is -2.55. The lowest BCUT2D eigenvalue weighted by Gasteiger charge is -2.42. The zero-order valence-electron chi connectivity index (χ0n) is 13.5. The Balaban J connectivity index is 1.52. The predicted molar refractivity (Wildman–Crippen MR) is 88.2 cm³/mol. The van der Waals surface area contributed by atoms with Crippen molar-refractivity contribution in [2.45, 2.75) is 50.0 Å². The monoisotopic (exact) mass is 357 g/mol. The molecule has 0 spiro atoms. The predicted octanol–water partition coefficient (Wildman–Crippen LogP) is 4.29. The molecule has 1 heterocycles. The molecule has 1 amide bonds. The smallest absolute Gasteiger partial charge is 0.248 e. The molecule has 2 fully saturated rings. The van der Waals surface area contributed by atoms with E-state index in [1.54, 1.807) is 6.07 Å². The summed E-state index contributed by atoms with van der Waals surface area (Å²) in [4.78, 5) is 12.2. The molecule has 1 aromatic rings. The third-order valence-corrected chi connectivity index (χ3v) is 5.35. The molecule has 1 aliphatic carbocycles. The molecule has 1 aliphatic heterocycles. The summed E-state index contributed by atoms with van der Waals surface area (Å²) in [5.74, 6) is -2.60. The van der Waals surface area contributed by atoms with Gasteiger partial charge in [0.25, 0.3) is 0 Å². The summed E-state index contributed by atoms with van der Waals surface area (Å²) >= 11 is 6.04. The third-order valence-electron chi connectivity index (χ3n) is 5.12. The number of carbonyl (C=O) groups is 1. The highest BCUT2D eigenvalue weighted by Gasteiger charge is 2.41. The van der Waals surface area contributed by atoms with Gasteiger partial charge < -0.3 is 10.1 Å². The van der Waals surface area contributed by atoms with E-state index in [1.807, 2.05) is 18.2 Å². The molecule has 1 aromatic carbocycles. The molecule has 1 atom stereocenters. The molecular weight excluding hydrogens is 336 g/mol. The van der Waals surface area contributed by atoms with Gasteiger partial charge in [0.15, 0.2) is 0 Å². The molecule has 0 bridgehead atoms. The average molecular weight is 358 g/mol. The Hall–Kier alpha value is -1.20. The van der Waals surface area contributed by atoms with Gasteiger partial charge in [-0.25, -0.2) is 8.78 Å². The summed E-state index contributed by atoms with van der Waals surface area (Å²) in [5, 5.41) is 3.55. The number of ether oxygens (including phenoxy) is 1. The summed E-state index contributed by atoms with van der Waals surface area (Å²) in [7, 11) is 0. The first-order valence-corrected chi connectivity index (χ1v) is 8.81. The van der Waals surface area contributed by atoms with Crippen molar-refractivity contribution in [3.63, 3.8) is 0 Å². The van der Waals surface area contributed by atoms with E-state index in [0.29, 0.717) is 37.4 Å². The van der Waals surface area contributed by atoms with E-state index >= 15 is 0 Å². The fourth-order valence-corrected chi connectivity index (χ4v) is 3.66. The summed E-state index contributed by atoms with van der Waals surface area (Å²) in [6, 6.07) is 7.47. The minimum absolute atomic E-state index is 0.0500. The molecule has 1 unspecified atom stereocenters. The summed E-state index contributed by atoms with van der Waals surface area (Å²) < 4.78 is 32.1. The lowest BCUT2D eigenvalue weighted by Crippen LogP contribution is -2.50. The van der Waals surface area contributed by atoms with Gasteiger partial charge in [-0.15, -0.1) is 0 Å². The standard InChI is InChI=1S/C18H22ClF2NO2/c19-15-3-1-2-14(11-15)17(8-9-24-17)12-22-16(23)10-13-4-6-18(20,21)7-5-13/h1-3,11,13H,4-10,12H2,(H,22,23). The second kappa shape index (κ2) is 6.96. The first kappa shape index (κ1) is 17.6. The van der Waals surface area contributed by atoms with Gasteiger partial charge >= 0.3 is 0 Å². The fraction of sp³-hybridized carbons (Fsp3) is 0.611. The number of benzene rings is 1. The molecule has 6 heteroatoms. The highest BCUT2D eigenvalue weighted by Crippen LogP contribution is 2.39. The van der Waals surface area contributed by atoms with Gasteiger partial charge in [-0.3, -0.25) is 4.79 Å². The van der Waals surface area contributed by atoms with E-state index in [2.05, 4.69) is 5.32 Å². The summed E-state index contributed by atoms with van der Waals surface area (Å²) in [6.45, 7) is 1.04. The van der Waals surface area contributed by atoms with Gasteiger partial charge in [-0.1, -0.05) is 23.7 Å². The quantitative estimate of drug-likeness (QED) is 0.853. The van der Waals surface area contributed by atoms with Crippen LogP contribution in [0, 0.1) is 5.92 Å². The molecule has 2 aliphatic rings. The molecule has 3 rings (SSSR count). The van der Waals surface area contributed by atoms with Crippen molar-refractivity contribution in [2.75, 3.05) is 13.2 Å². The van der Waals surface area contributed by atoms with Crippen molar-refractivity contribution in [3.05, 3.63) is 34.9 Å². The molecular formula is C18H22ClF2NO2. The summed E-state index contributed by atoms with van der Waals surface area (Å²) in [5.41, 5.74) is 0.444. The Labute approximate surface area is 145 Å². The highest BCUT2D eigenvalue weighted by atomic mass is 35.5. The van der Waals surface area contributed by atoms with Gasteiger partial charge in [0.05, 0.1) is 13.2 Å². The Morgan fingerprint density at radius 3 is 2.58 bits per heavy atom. The van der Waals surface area contributed by atoms with Crippen LogP contribution in [0.5, 0.6) is 0 Å². The van der Waals surface area contributed by atoms with Gasteiger partial charge in [0, 0.05) is 30.7 Å². The molecule has 1 saturated heterocycles. The first-order valence-electron chi connectivity index (χ1n) is 8.43. The molecule has 3 nitrogen and oxygen atoms in total. The average Bonchev–Trinajstić information content (AvgIpc) is 2.48. The Morgan fingerprint density at radius 1 is 1.29 bits per heavy atom. The number of hydrogen-bond acceptors (Lipinski definition) is 2. The number of nitrogens with one attached hydrogen (secondary N) is 1. The maximum absolute atomic E-state index is 13.2. The van der Waals surface area contributed by atoms with E-state index in [9.17, 15) is 13.6 Å². The maximum atomic E-state index is 13.2.